The van der Waals surface area contributed by atoms with Gasteiger partial charge in [0.25, 0.3) is 0 Å². The van der Waals surface area contributed by atoms with Crippen LogP contribution < -0.4 is 15.4 Å². The first-order valence-corrected chi connectivity index (χ1v) is 9.41. The molecule has 1 aliphatic heterocycles. The average Bonchev–Trinajstić information content (AvgIpc) is 2.65. The molecule has 2 amide bonds. The molecule has 0 aromatic heterocycles. The fourth-order valence-corrected chi connectivity index (χ4v) is 3.51. The van der Waals surface area contributed by atoms with E-state index in [1.807, 2.05) is 50.2 Å². The molecular formula is C22H26N2O4. The summed E-state index contributed by atoms with van der Waals surface area (Å²) >= 11 is 0. The second-order valence-electron chi connectivity index (χ2n) is 7.37. The number of carbonyl (C=O) groups is 2. The van der Waals surface area contributed by atoms with Crippen molar-refractivity contribution in [3.8, 4) is 5.75 Å². The van der Waals surface area contributed by atoms with Crippen LogP contribution in [0, 0.1) is 5.92 Å². The van der Waals surface area contributed by atoms with Crippen LogP contribution in [0.3, 0.4) is 0 Å². The Morgan fingerprint density at radius 2 is 1.79 bits per heavy atom. The van der Waals surface area contributed by atoms with Crippen LogP contribution in [0.5, 0.6) is 5.75 Å². The van der Waals surface area contributed by atoms with Crippen LogP contribution in [-0.2, 0) is 9.53 Å². The first-order chi connectivity index (χ1) is 13.3. The molecule has 0 saturated carbocycles. The highest BCUT2D eigenvalue weighted by Gasteiger charge is 2.37. The molecule has 0 spiro atoms. The number of urea groups is 1. The van der Waals surface area contributed by atoms with E-state index in [0.717, 1.165) is 16.3 Å². The quantitative estimate of drug-likeness (QED) is 0.765. The normalized spacial score (nSPS) is 17.0. The van der Waals surface area contributed by atoms with Crippen molar-refractivity contribution in [3.63, 3.8) is 0 Å². The molecule has 2 N–H and O–H groups in total. The van der Waals surface area contributed by atoms with E-state index in [2.05, 4.69) is 10.6 Å². The lowest BCUT2D eigenvalue weighted by Gasteiger charge is -2.32. The summed E-state index contributed by atoms with van der Waals surface area (Å²) in [7, 11) is 1.58. The van der Waals surface area contributed by atoms with Crippen LogP contribution in [0.15, 0.2) is 47.7 Å². The van der Waals surface area contributed by atoms with Crippen LogP contribution >= 0.6 is 0 Å². The van der Waals surface area contributed by atoms with Gasteiger partial charge in [-0.05, 0) is 36.6 Å². The minimum atomic E-state index is -0.682. The van der Waals surface area contributed by atoms with Gasteiger partial charge >= 0.3 is 12.0 Å². The van der Waals surface area contributed by atoms with Gasteiger partial charge in [0, 0.05) is 11.3 Å². The number of carbonyl (C=O) groups excluding carboxylic acids is 2. The van der Waals surface area contributed by atoms with Crippen LogP contribution in [0.1, 0.15) is 39.3 Å². The summed E-state index contributed by atoms with van der Waals surface area (Å²) in [6.45, 7) is 7.47. The van der Waals surface area contributed by atoms with Crippen molar-refractivity contribution in [2.24, 2.45) is 5.92 Å². The van der Waals surface area contributed by atoms with Gasteiger partial charge in [-0.15, -0.1) is 0 Å². The molecule has 2 aromatic carbocycles. The SMILES string of the molecule is COc1ccc2ccccc2c1C1NC(=O)NC(C(C)C)=C1C(=O)OC(C)C. The number of esters is 1. The number of amides is 2. The smallest absolute Gasteiger partial charge is 0.338 e. The maximum atomic E-state index is 13.0. The molecule has 0 fully saturated rings. The monoisotopic (exact) mass is 382 g/mol. The molecule has 0 bridgehead atoms. The first-order valence-electron chi connectivity index (χ1n) is 9.41. The largest absolute Gasteiger partial charge is 0.496 e. The standard InChI is InChI=1S/C22H26N2O4/c1-12(2)19-18(21(25)28-13(3)4)20(24-22(26)23-19)17-15-9-7-6-8-14(15)10-11-16(17)27-5/h6-13,20H,1-5H3,(H2,23,24,26). The molecule has 1 atom stereocenters. The van der Waals surface area contributed by atoms with Gasteiger partial charge in [-0.2, -0.15) is 0 Å². The zero-order chi connectivity index (χ0) is 20.4. The fraction of sp³-hybridized carbons (Fsp3) is 0.364. The number of nitrogens with one attached hydrogen (secondary N) is 2. The summed E-state index contributed by atoms with van der Waals surface area (Å²) < 4.78 is 11.1. The Morgan fingerprint density at radius 3 is 2.43 bits per heavy atom. The van der Waals surface area contributed by atoms with E-state index in [-0.39, 0.29) is 18.1 Å². The van der Waals surface area contributed by atoms with Crippen LogP contribution in [0.2, 0.25) is 0 Å². The Kier molecular flexibility index (Phi) is 5.58. The topological polar surface area (TPSA) is 76.7 Å². The van der Waals surface area contributed by atoms with Crippen molar-refractivity contribution >= 4 is 22.8 Å². The second kappa shape index (κ2) is 7.92. The third-order valence-electron chi connectivity index (χ3n) is 4.68. The lowest BCUT2D eigenvalue weighted by atomic mass is 9.88. The molecule has 1 heterocycles. The van der Waals surface area contributed by atoms with E-state index in [1.165, 1.54) is 0 Å². The molecule has 3 rings (SSSR count). The number of benzene rings is 2. The Bertz CT molecular complexity index is 947. The Morgan fingerprint density at radius 1 is 1.07 bits per heavy atom. The molecule has 28 heavy (non-hydrogen) atoms. The van der Waals surface area contributed by atoms with Gasteiger partial charge in [0.05, 0.1) is 24.8 Å². The number of hydrogen-bond donors (Lipinski definition) is 2. The van der Waals surface area contributed by atoms with Crippen molar-refractivity contribution in [2.75, 3.05) is 7.11 Å². The predicted octanol–water partition coefficient (Wildman–Crippen LogP) is 4.06. The zero-order valence-electron chi connectivity index (χ0n) is 16.8. The van der Waals surface area contributed by atoms with Crippen molar-refractivity contribution in [1.82, 2.24) is 10.6 Å². The van der Waals surface area contributed by atoms with Gasteiger partial charge in [-0.1, -0.05) is 44.2 Å². The molecule has 0 radical (unpaired) electrons. The summed E-state index contributed by atoms with van der Waals surface area (Å²) in [5.74, 6) is 0.0827. The summed E-state index contributed by atoms with van der Waals surface area (Å²) in [6, 6.07) is 10.6. The molecular weight excluding hydrogens is 356 g/mol. The van der Waals surface area contributed by atoms with Crippen LogP contribution in [0.25, 0.3) is 10.8 Å². The first kappa shape index (κ1) is 19.7. The third-order valence-corrected chi connectivity index (χ3v) is 4.68. The van der Waals surface area contributed by atoms with E-state index in [4.69, 9.17) is 9.47 Å². The molecule has 148 valence electrons. The number of methoxy groups -OCH3 is 1. The second-order valence-corrected chi connectivity index (χ2v) is 7.37. The molecule has 2 aromatic rings. The van der Waals surface area contributed by atoms with Gasteiger partial charge in [0.15, 0.2) is 0 Å². The number of rotatable bonds is 5. The zero-order valence-corrected chi connectivity index (χ0v) is 16.8. The van der Waals surface area contributed by atoms with Gasteiger partial charge in [0.2, 0.25) is 0 Å². The number of allylic oxidation sites excluding steroid dienone is 1. The van der Waals surface area contributed by atoms with E-state index >= 15 is 0 Å². The summed E-state index contributed by atoms with van der Waals surface area (Å²) in [5, 5.41) is 7.60. The molecule has 6 heteroatoms. The van der Waals surface area contributed by atoms with E-state index in [9.17, 15) is 9.59 Å². The van der Waals surface area contributed by atoms with E-state index < -0.39 is 12.0 Å². The van der Waals surface area contributed by atoms with Crippen LogP contribution in [0.4, 0.5) is 4.79 Å². The molecule has 1 aliphatic rings. The van der Waals surface area contributed by atoms with Gasteiger partial charge in [-0.3, -0.25) is 0 Å². The molecule has 0 aliphatic carbocycles. The number of hydrogen-bond acceptors (Lipinski definition) is 4. The van der Waals surface area contributed by atoms with E-state index in [0.29, 0.717) is 17.0 Å². The summed E-state index contributed by atoms with van der Waals surface area (Å²) in [5.41, 5.74) is 1.71. The van der Waals surface area contributed by atoms with Gasteiger partial charge < -0.3 is 20.1 Å². The minimum absolute atomic E-state index is 0.0655. The third kappa shape index (κ3) is 3.67. The molecule has 1 unspecified atom stereocenters. The molecule has 6 nitrogen and oxygen atoms in total. The number of fused-ring (bicyclic) bond motifs is 1. The van der Waals surface area contributed by atoms with Crippen molar-refractivity contribution in [3.05, 3.63) is 53.2 Å². The Balaban J connectivity index is 2.29. The summed E-state index contributed by atoms with van der Waals surface area (Å²) in [4.78, 5) is 25.5. The van der Waals surface area contributed by atoms with Crippen LogP contribution in [-0.4, -0.2) is 25.2 Å². The highest BCUT2D eigenvalue weighted by atomic mass is 16.5. The number of ether oxygens (including phenoxy) is 2. The predicted molar refractivity (Wildman–Crippen MR) is 108 cm³/mol. The van der Waals surface area contributed by atoms with Gasteiger partial charge in [-0.25, -0.2) is 9.59 Å². The maximum absolute atomic E-state index is 13.0. The highest BCUT2D eigenvalue weighted by Crippen LogP contribution is 2.39. The fourth-order valence-electron chi connectivity index (χ4n) is 3.51. The maximum Gasteiger partial charge on any atom is 0.338 e. The van der Waals surface area contributed by atoms with Crippen molar-refractivity contribution in [2.45, 2.75) is 39.8 Å². The lowest BCUT2D eigenvalue weighted by Crippen LogP contribution is -2.47. The lowest BCUT2D eigenvalue weighted by molar-refractivity contribution is -0.143. The Labute approximate surface area is 164 Å². The minimum Gasteiger partial charge on any atom is -0.496 e. The average molecular weight is 382 g/mol. The highest BCUT2D eigenvalue weighted by molar-refractivity contribution is 5.98. The Hall–Kier alpha value is -3.02. The van der Waals surface area contributed by atoms with Crippen molar-refractivity contribution < 1.29 is 19.1 Å². The van der Waals surface area contributed by atoms with Gasteiger partial charge in [0.1, 0.15) is 5.75 Å². The molecule has 0 saturated heterocycles. The summed E-state index contributed by atoms with van der Waals surface area (Å²) in [6.07, 6.45) is -0.277. The van der Waals surface area contributed by atoms with Crippen molar-refractivity contribution in [1.29, 1.82) is 0 Å². The van der Waals surface area contributed by atoms with E-state index in [1.54, 1.807) is 21.0 Å².